The summed E-state index contributed by atoms with van der Waals surface area (Å²) in [4.78, 5) is 2.15. The lowest BCUT2D eigenvalue weighted by Gasteiger charge is -2.55. The van der Waals surface area contributed by atoms with E-state index in [1.54, 1.807) is 0 Å². The fourth-order valence-electron chi connectivity index (χ4n) is 6.43. The van der Waals surface area contributed by atoms with Gasteiger partial charge in [0, 0.05) is 18.0 Å². The Morgan fingerprint density at radius 2 is 1.30 bits per heavy atom. The lowest BCUT2D eigenvalue weighted by Crippen LogP contribution is -2.60. The molecule has 0 aromatic heterocycles. The van der Waals surface area contributed by atoms with Crippen molar-refractivity contribution >= 4 is 0 Å². The van der Waals surface area contributed by atoms with E-state index in [2.05, 4.69) is 4.90 Å². The Hall–Kier alpha value is -3.41. The summed E-state index contributed by atoms with van der Waals surface area (Å²) >= 11 is 0. The third-order valence-corrected chi connectivity index (χ3v) is 7.80. The standard InChI is InChI=1S/C32H28F3NO/c33-32(34,35)30-31(20-23-12-4-1-5-13-23)21-26-18-10-11-19-27(26)28(31)36(22-24-14-6-2-7-15-24)29(37-30)25-16-8-3-9-17-25/h1-19,28-30H,20-22H2/t28-,29+,30+,31+/m1/s1. The maximum Gasteiger partial charge on any atom is 0.415 e. The molecule has 4 atom stereocenters. The van der Waals surface area contributed by atoms with Crippen LogP contribution in [0.25, 0.3) is 0 Å². The molecule has 0 spiro atoms. The van der Waals surface area contributed by atoms with E-state index < -0.39 is 30.0 Å². The summed E-state index contributed by atoms with van der Waals surface area (Å²) < 4.78 is 51.4. The summed E-state index contributed by atoms with van der Waals surface area (Å²) in [7, 11) is 0. The predicted octanol–water partition coefficient (Wildman–Crippen LogP) is 7.68. The maximum absolute atomic E-state index is 15.0. The number of halogens is 3. The minimum atomic E-state index is -4.53. The molecular weight excluding hydrogens is 471 g/mol. The van der Waals surface area contributed by atoms with Crippen LogP contribution in [0.2, 0.25) is 0 Å². The second-order valence-corrected chi connectivity index (χ2v) is 10.2. The van der Waals surface area contributed by atoms with Crippen LogP contribution >= 0.6 is 0 Å². The van der Waals surface area contributed by atoms with Gasteiger partial charge in [-0.05, 0) is 40.7 Å². The van der Waals surface area contributed by atoms with Gasteiger partial charge in [-0.1, -0.05) is 115 Å². The molecule has 1 aliphatic carbocycles. The van der Waals surface area contributed by atoms with Gasteiger partial charge >= 0.3 is 6.18 Å². The zero-order chi connectivity index (χ0) is 25.5. The van der Waals surface area contributed by atoms with E-state index in [-0.39, 0.29) is 6.42 Å². The molecule has 2 nitrogen and oxygen atoms in total. The van der Waals surface area contributed by atoms with E-state index in [4.69, 9.17) is 4.74 Å². The number of ether oxygens (including phenoxy) is 1. The first-order valence-corrected chi connectivity index (χ1v) is 12.6. The summed E-state index contributed by atoms with van der Waals surface area (Å²) in [6, 6.07) is 36.2. The van der Waals surface area contributed by atoms with Gasteiger partial charge in [0.15, 0.2) is 6.10 Å². The number of hydrogen-bond donors (Lipinski definition) is 0. The van der Waals surface area contributed by atoms with E-state index in [9.17, 15) is 0 Å². The summed E-state index contributed by atoms with van der Waals surface area (Å²) in [5.41, 5.74) is 3.38. The highest BCUT2D eigenvalue weighted by Gasteiger charge is 2.66. The minimum absolute atomic E-state index is 0.268. The Kier molecular flexibility index (Phi) is 6.13. The molecule has 2 aliphatic rings. The second kappa shape index (κ2) is 9.47. The number of nitrogens with zero attached hydrogens (tertiary/aromatic N) is 1. The molecule has 0 unspecified atom stereocenters. The van der Waals surface area contributed by atoms with Gasteiger partial charge in [-0.2, -0.15) is 13.2 Å². The van der Waals surface area contributed by atoms with Gasteiger partial charge in [-0.3, -0.25) is 4.90 Å². The van der Waals surface area contributed by atoms with Crippen molar-refractivity contribution in [3.8, 4) is 0 Å². The van der Waals surface area contributed by atoms with Gasteiger partial charge in [0.05, 0.1) is 0 Å². The zero-order valence-electron chi connectivity index (χ0n) is 20.3. The fraction of sp³-hybridized carbons (Fsp3) is 0.250. The third kappa shape index (κ3) is 4.36. The van der Waals surface area contributed by atoms with Crippen molar-refractivity contribution in [1.29, 1.82) is 0 Å². The Balaban J connectivity index is 1.57. The summed E-state index contributed by atoms with van der Waals surface area (Å²) in [5, 5.41) is 0. The molecule has 188 valence electrons. The molecule has 6 rings (SSSR count). The highest BCUT2D eigenvalue weighted by Crippen LogP contribution is 2.62. The van der Waals surface area contributed by atoms with E-state index in [0.29, 0.717) is 13.0 Å². The van der Waals surface area contributed by atoms with Gasteiger partial charge in [-0.25, -0.2) is 0 Å². The SMILES string of the molecule is FC(F)(F)[C@H]1O[C@@H](c2ccccc2)N(Cc2ccccc2)[C@@H]2c3ccccc3C[C@]12Cc1ccccc1. The van der Waals surface area contributed by atoms with Crippen molar-refractivity contribution in [2.75, 3.05) is 0 Å². The predicted molar refractivity (Wildman–Crippen MR) is 138 cm³/mol. The number of fused-ring (bicyclic) bond motifs is 3. The first kappa shape index (κ1) is 24.0. The molecule has 0 radical (unpaired) electrons. The Labute approximate surface area is 215 Å². The fourth-order valence-corrected chi connectivity index (χ4v) is 6.43. The maximum atomic E-state index is 15.0. The van der Waals surface area contributed by atoms with Gasteiger partial charge in [0.2, 0.25) is 0 Å². The lowest BCUT2D eigenvalue weighted by atomic mass is 9.68. The van der Waals surface area contributed by atoms with Gasteiger partial charge in [0.25, 0.3) is 0 Å². The van der Waals surface area contributed by atoms with Crippen LogP contribution < -0.4 is 0 Å². The monoisotopic (exact) mass is 499 g/mol. The molecule has 0 bridgehead atoms. The number of alkyl halides is 3. The van der Waals surface area contributed by atoms with Crippen molar-refractivity contribution < 1.29 is 17.9 Å². The minimum Gasteiger partial charge on any atom is -0.345 e. The van der Waals surface area contributed by atoms with E-state index in [0.717, 1.165) is 27.8 Å². The average Bonchev–Trinajstić information content (AvgIpc) is 3.24. The number of benzene rings is 4. The van der Waals surface area contributed by atoms with Crippen LogP contribution in [-0.4, -0.2) is 17.2 Å². The number of hydrogen-bond acceptors (Lipinski definition) is 2. The highest BCUT2D eigenvalue weighted by atomic mass is 19.4. The average molecular weight is 500 g/mol. The summed E-state index contributed by atoms with van der Waals surface area (Å²) in [5.74, 6) is 0. The summed E-state index contributed by atoms with van der Waals surface area (Å²) in [6.07, 6.45) is -6.71. The molecule has 0 amide bonds. The van der Waals surface area contributed by atoms with Crippen LogP contribution in [0.1, 0.15) is 40.1 Å². The van der Waals surface area contributed by atoms with E-state index in [1.165, 1.54) is 0 Å². The topological polar surface area (TPSA) is 12.5 Å². The molecule has 5 heteroatoms. The second-order valence-electron chi connectivity index (χ2n) is 10.2. The van der Waals surface area contributed by atoms with Crippen LogP contribution in [-0.2, 0) is 24.1 Å². The molecule has 0 saturated carbocycles. The molecular formula is C32H28F3NO. The lowest BCUT2D eigenvalue weighted by molar-refractivity contribution is -0.330. The molecule has 1 saturated heterocycles. The Bertz CT molecular complexity index is 1340. The summed E-state index contributed by atoms with van der Waals surface area (Å²) in [6.45, 7) is 0.473. The van der Waals surface area contributed by atoms with E-state index in [1.807, 2.05) is 115 Å². The van der Waals surface area contributed by atoms with Gasteiger partial charge in [0.1, 0.15) is 6.23 Å². The first-order valence-electron chi connectivity index (χ1n) is 12.6. The molecule has 4 aromatic carbocycles. The first-order chi connectivity index (χ1) is 18.0. The normalized spacial score (nSPS) is 25.4. The number of rotatable bonds is 5. The molecule has 1 fully saturated rings. The Morgan fingerprint density at radius 1 is 0.730 bits per heavy atom. The third-order valence-electron chi connectivity index (χ3n) is 7.80. The molecule has 4 aromatic rings. The van der Waals surface area contributed by atoms with Crippen LogP contribution in [0.4, 0.5) is 13.2 Å². The van der Waals surface area contributed by atoms with Crippen LogP contribution in [0, 0.1) is 5.41 Å². The largest absolute Gasteiger partial charge is 0.415 e. The zero-order valence-corrected chi connectivity index (χ0v) is 20.3. The molecule has 37 heavy (non-hydrogen) atoms. The van der Waals surface area contributed by atoms with Gasteiger partial charge in [-0.15, -0.1) is 0 Å². The Morgan fingerprint density at radius 3 is 1.95 bits per heavy atom. The van der Waals surface area contributed by atoms with Gasteiger partial charge < -0.3 is 4.74 Å². The van der Waals surface area contributed by atoms with Crippen molar-refractivity contribution in [3.05, 3.63) is 143 Å². The van der Waals surface area contributed by atoms with Crippen molar-refractivity contribution in [1.82, 2.24) is 4.90 Å². The van der Waals surface area contributed by atoms with E-state index >= 15 is 13.2 Å². The molecule has 1 heterocycles. The van der Waals surface area contributed by atoms with Crippen molar-refractivity contribution in [3.63, 3.8) is 0 Å². The van der Waals surface area contributed by atoms with Crippen molar-refractivity contribution in [2.45, 2.75) is 43.9 Å². The van der Waals surface area contributed by atoms with Crippen LogP contribution in [0.3, 0.4) is 0 Å². The molecule has 1 aliphatic heterocycles. The van der Waals surface area contributed by atoms with Crippen LogP contribution in [0.5, 0.6) is 0 Å². The highest BCUT2D eigenvalue weighted by molar-refractivity contribution is 5.42. The van der Waals surface area contributed by atoms with Crippen molar-refractivity contribution in [2.24, 2.45) is 5.41 Å². The van der Waals surface area contributed by atoms with Crippen LogP contribution in [0.15, 0.2) is 115 Å². The quantitative estimate of drug-likeness (QED) is 0.279. The smallest absolute Gasteiger partial charge is 0.345 e. The molecule has 0 N–H and O–H groups in total.